The van der Waals surface area contributed by atoms with E-state index in [1.165, 1.54) is 24.8 Å². The third-order valence-corrected chi connectivity index (χ3v) is 6.17. The molecule has 0 aliphatic carbocycles. The maximum absolute atomic E-state index is 13.8. The molecule has 0 unspecified atom stereocenters. The van der Waals surface area contributed by atoms with Crippen molar-refractivity contribution >= 4 is 29.2 Å². The lowest BCUT2D eigenvalue weighted by Crippen LogP contribution is -2.64. The minimum absolute atomic E-state index is 0.138. The molecular formula is C21H19ClF3N5O4. The van der Waals surface area contributed by atoms with Crippen LogP contribution in [0.25, 0.3) is 16.8 Å². The van der Waals surface area contributed by atoms with Crippen LogP contribution in [0.5, 0.6) is 0 Å². The Morgan fingerprint density at radius 1 is 1.15 bits per heavy atom. The summed E-state index contributed by atoms with van der Waals surface area (Å²) in [6.07, 6.45) is -0.710. The summed E-state index contributed by atoms with van der Waals surface area (Å²) in [5.74, 6) is -0.713. The van der Waals surface area contributed by atoms with E-state index in [0.29, 0.717) is 31.9 Å². The minimum Gasteiger partial charge on any atom is -0.472 e. The molecule has 0 spiro atoms. The molecular weight excluding hydrogens is 479 g/mol. The number of nitrogens with zero attached hydrogens (tertiary/aromatic N) is 4. The standard InChI is InChI=1S/C21H19ClF3N5O4/c22-17-16(19(31)26-14-9-29(10-14)20(32)28-2-5-33-6-3-28)27-18-15(21(23,24)25)7-13(8-30(17)18)12-1-4-34-11-12/h1,4,7-8,11,14H,2-3,5-6,9-10H2,(H,26,31). The number of halogens is 4. The highest BCUT2D eigenvalue weighted by molar-refractivity contribution is 6.33. The summed E-state index contributed by atoms with van der Waals surface area (Å²) < 4.78 is 52.5. The van der Waals surface area contributed by atoms with Gasteiger partial charge in [0, 0.05) is 43.5 Å². The summed E-state index contributed by atoms with van der Waals surface area (Å²) in [6.45, 7) is 2.54. The summed E-state index contributed by atoms with van der Waals surface area (Å²) >= 11 is 6.30. The van der Waals surface area contributed by atoms with Crippen LogP contribution in [0.3, 0.4) is 0 Å². The molecule has 3 aromatic rings. The van der Waals surface area contributed by atoms with Gasteiger partial charge in [0.05, 0.1) is 37.3 Å². The topological polar surface area (TPSA) is 92.3 Å². The fraction of sp³-hybridized carbons (Fsp3) is 0.381. The number of aromatic nitrogens is 2. The average Bonchev–Trinajstić information content (AvgIpc) is 3.43. The molecule has 2 saturated heterocycles. The number of likely N-dealkylation sites (tertiary alicyclic amines) is 1. The van der Waals surface area contributed by atoms with Crippen LogP contribution in [0.1, 0.15) is 16.1 Å². The van der Waals surface area contributed by atoms with Crippen LogP contribution >= 0.6 is 11.6 Å². The summed E-state index contributed by atoms with van der Waals surface area (Å²) in [5, 5.41) is 2.44. The maximum atomic E-state index is 13.8. The first-order chi connectivity index (χ1) is 16.2. The van der Waals surface area contributed by atoms with Gasteiger partial charge < -0.3 is 24.3 Å². The number of furan rings is 1. The third-order valence-electron chi connectivity index (χ3n) is 5.81. The second-order valence-electron chi connectivity index (χ2n) is 8.05. The zero-order chi connectivity index (χ0) is 24.0. The third kappa shape index (κ3) is 4.07. The highest BCUT2D eigenvalue weighted by Crippen LogP contribution is 2.37. The van der Waals surface area contributed by atoms with Crippen LogP contribution in [0.2, 0.25) is 5.15 Å². The predicted octanol–water partition coefficient (Wildman–Crippen LogP) is 3.13. The Morgan fingerprint density at radius 2 is 1.88 bits per heavy atom. The van der Waals surface area contributed by atoms with Crippen molar-refractivity contribution < 1.29 is 31.9 Å². The van der Waals surface area contributed by atoms with Gasteiger partial charge in [0.25, 0.3) is 5.91 Å². The minimum atomic E-state index is -4.72. The highest BCUT2D eigenvalue weighted by atomic mass is 35.5. The average molecular weight is 498 g/mol. The van der Waals surface area contributed by atoms with E-state index in [9.17, 15) is 22.8 Å². The van der Waals surface area contributed by atoms with Crippen molar-refractivity contribution in [3.05, 3.63) is 47.3 Å². The van der Waals surface area contributed by atoms with Crippen molar-refractivity contribution in [2.24, 2.45) is 0 Å². The van der Waals surface area contributed by atoms with Crippen LogP contribution in [0.4, 0.5) is 18.0 Å². The van der Waals surface area contributed by atoms with Gasteiger partial charge >= 0.3 is 12.2 Å². The number of ether oxygens (including phenoxy) is 1. The lowest BCUT2D eigenvalue weighted by Gasteiger charge is -2.42. The van der Waals surface area contributed by atoms with Crippen LogP contribution in [-0.2, 0) is 10.9 Å². The summed E-state index contributed by atoms with van der Waals surface area (Å²) in [5.41, 5.74) is -1.21. The number of morpholine rings is 1. The van der Waals surface area contributed by atoms with Gasteiger partial charge in [0.2, 0.25) is 0 Å². The molecule has 0 atom stereocenters. The number of carbonyl (C=O) groups excluding carboxylic acids is 2. The van der Waals surface area contributed by atoms with E-state index in [-0.39, 0.29) is 41.6 Å². The molecule has 0 bridgehead atoms. The number of amides is 3. The summed E-state index contributed by atoms with van der Waals surface area (Å²) in [7, 11) is 0. The lowest BCUT2D eigenvalue weighted by molar-refractivity contribution is -0.136. The Kier molecular flexibility index (Phi) is 5.64. The van der Waals surface area contributed by atoms with E-state index >= 15 is 0 Å². The molecule has 2 aliphatic heterocycles. The van der Waals surface area contributed by atoms with E-state index in [0.717, 1.165) is 10.5 Å². The second kappa shape index (κ2) is 8.51. The lowest BCUT2D eigenvalue weighted by atomic mass is 10.1. The number of fused-ring (bicyclic) bond motifs is 1. The Bertz CT molecular complexity index is 1230. The normalized spacial score (nSPS) is 17.2. The number of urea groups is 1. The molecule has 2 aliphatic rings. The Hall–Kier alpha value is -3.25. The molecule has 1 N–H and O–H groups in total. The van der Waals surface area contributed by atoms with Crippen LogP contribution < -0.4 is 5.32 Å². The largest absolute Gasteiger partial charge is 0.472 e. The van der Waals surface area contributed by atoms with Crippen molar-refractivity contribution in [2.45, 2.75) is 12.2 Å². The zero-order valence-electron chi connectivity index (χ0n) is 17.6. The molecule has 13 heteroatoms. The van der Waals surface area contributed by atoms with E-state index < -0.39 is 23.3 Å². The van der Waals surface area contributed by atoms with Gasteiger partial charge in [0.15, 0.2) is 11.3 Å². The first-order valence-electron chi connectivity index (χ1n) is 10.5. The summed E-state index contributed by atoms with van der Waals surface area (Å²) in [6, 6.07) is 1.95. The van der Waals surface area contributed by atoms with Gasteiger partial charge in [-0.15, -0.1) is 0 Å². The fourth-order valence-electron chi connectivity index (χ4n) is 3.99. The van der Waals surface area contributed by atoms with E-state index in [4.69, 9.17) is 20.8 Å². The molecule has 9 nitrogen and oxygen atoms in total. The van der Waals surface area contributed by atoms with E-state index in [1.54, 1.807) is 9.80 Å². The quantitative estimate of drug-likeness (QED) is 0.600. The van der Waals surface area contributed by atoms with E-state index in [2.05, 4.69) is 10.3 Å². The van der Waals surface area contributed by atoms with Gasteiger partial charge in [-0.2, -0.15) is 13.2 Å². The zero-order valence-corrected chi connectivity index (χ0v) is 18.4. The maximum Gasteiger partial charge on any atom is 0.420 e. The first kappa shape index (κ1) is 22.5. The Morgan fingerprint density at radius 3 is 2.53 bits per heavy atom. The fourth-order valence-corrected chi connectivity index (χ4v) is 4.25. The van der Waals surface area contributed by atoms with Gasteiger partial charge in [-0.05, 0) is 12.1 Å². The SMILES string of the molecule is O=C(NC1CN(C(=O)N2CCOCC2)C1)c1nc2c(C(F)(F)F)cc(-c3ccoc3)cn2c1Cl. The monoisotopic (exact) mass is 497 g/mol. The Labute approximate surface area is 196 Å². The molecule has 0 aromatic carbocycles. The van der Waals surface area contributed by atoms with Crippen LogP contribution in [0, 0.1) is 0 Å². The smallest absolute Gasteiger partial charge is 0.420 e. The molecule has 34 heavy (non-hydrogen) atoms. The number of imidazole rings is 1. The van der Waals surface area contributed by atoms with E-state index in [1.807, 2.05) is 0 Å². The molecule has 5 rings (SSSR count). The number of alkyl halides is 3. The number of hydrogen-bond donors (Lipinski definition) is 1. The van der Waals surface area contributed by atoms with Crippen molar-refractivity contribution in [1.29, 1.82) is 0 Å². The Balaban J connectivity index is 1.35. The number of rotatable bonds is 3. The van der Waals surface area contributed by atoms with Gasteiger partial charge in [-0.25, -0.2) is 9.78 Å². The van der Waals surface area contributed by atoms with Crippen LogP contribution in [-0.4, -0.2) is 76.6 Å². The molecule has 3 aromatic heterocycles. The van der Waals surface area contributed by atoms with Crippen molar-refractivity contribution in [3.8, 4) is 11.1 Å². The van der Waals surface area contributed by atoms with Crippen molar-refractivity contribution in [3.63, 3.8) is 0 Å². The summed E-state index contributed by atoms with van der Waals surface area (Å²) in [4.78, 5) is 32.4. The second-order valence-corrected chi connectivity index (χ2v) is 8.41. The molecule has 5 heterocycles. The number of carbonyl (C=O) groups is 2. The van der Waals surface area contributed by atoms with Gasteiger partial charge in [-0.3, -0.25) is 9.20 Å². The molecule has 180 valence electrons. The number of pyridine rings is 1. The molecule has 0 radical (unpaired) electrons. The first-order valence-corrected chi connectivity index (χ1v) is 10.8. The van der Waals surface area contributed by atoms with Crippen LogP contribution in [0.15, 0.2) is 35.3 Å². The number of nitrogens with one attached hydrogen (secondary N) is 1. The van der Waals surface area contributed by atoms with Gasteiger partial charge in [-0.1, -0.05) is 11.6 Å². The molecule has 2 fully saturated rings. The number of hydrogen-bond acceptors (Lipinski definition) is 5. The van der Waals surface area contributed by atoms with Crippen molar-refractivity contribution in [2.75, 3.05) is 39.4 Å². The van der Waals surface area contributed by atoms with Gasteiger partial charge in [0.1, 0.15) is 5.15 Å². The predicted molar refractivity (Wildman–Crippen MR) is 114 cm³/mol. The molecule has 3 amide bonds. The molecule has 0 saturated carbocycles. The highest BCUT2D eigenvalue weighted by Gasteiger charge is 2.38. The van der Waals surface area contributed by atoms with Crippen molar-refractivity contribution in [1.82, 2.24) is 24.5 Å².